The van der Waals surface area contributed by atoms with Crippen molar-refractivity contribution in [1.29, 1.82) is 0 Å². The Balaban J connectivity index is 1.90. The van der Waals surface area contributed by atoms with Crippen molar-refractivity contribution in [3.63, 3.8) is 0 Å². The summed E-state index contributed by atoms with van der Waals surface area (Å²) < 4.78 is 25.7. The van der Waals surface area contributed by atoms with Gasteiger partial charge in [-0.05, 0) is 5.92 Å². The molecule has 0 spiro atoms. The van der Waals surface area contributed by atoms with E-state index in [2.05, 4.69) is 25.2 Å². The van der Waals surface area contributed by atoms with Crippen LogP contribution in [0.4, 0.5) is 8.78 Å². The van der Waals surface area contributed by atoms with Crippen LogP contribution >= 0.6 is 0 Å². The van der Waals surface area contributed by atoms with Crippen LogP contribution in [0.5, 0.6) is 0 Å². The minimum Gasteiger partial charge on any atom is -0.382 e. The Hall–Kier alpha value is -2.12. The van der Waals surface area contributed by atoms with E-state index in [1.807, 2.05) is 0 Å². The zero-order valence-corrected chi connectivity index (χ0v) is 10.9. The molecule has 0 bridgehead atoms. The largest absolute Gasteiger partial charge is 0.382 e. The lowest BCUT2D eigenvalue weighted by Gasteiger charge is -2.34. The van der Waals surface area contributed by atoms with Crippen LogP contribution < -0.4 is 5.73 Å². The summed E-state index contributed by atoms with van der Waals surface area (Å²) in [5.74, 6) is -1.19. The second kappa shape index (κ2) is 4.46. The zero-order chi connectivity index (χ0) is 14.3. The Morgan fingerprint density at radius 2 is 2.30 bits per heavy atom. The van der Waals surface area contributed by atoms with E-state index in [1.165, 1.54) is 0 Å². The molecule has 0 unspecified atom stereocenters. The number of amidine groups is 1. The van der Waals surface area contributed by atoms with Crippen LogP contribution in [0.25, 0.3) is 11.4 Å². The molecule has 2 aliphatic heterocycles. The van der Waals surface area contributed by atoms with E-state index in [4.69, 9.17) is 5.73 Å². The first kappa shape index (κ1) is 12.9. The maximum Gasteiger partial charge on any atom is 0.248 e. The van der Waals surface area contributed by atoms with Crippen molar-refractivity contribution < 1.29 is 8.78 Å². The van der Waals surface area contributed by atoms with Gasteiger partial charge in [-0.25, -0.2) is 13.8 Å². The molecule has 8 heteroatoms. The number of alkyl halides is 2. The van der Waals surface area contributed by atoms with Crippen LogP contribution in [0.15, 0.2) is 11.2 Å². The molecule has 0 radical (unpaired) electrons. The molecular weight excluding hydrogens is 266 g/mol. The molecule has 0 amide bonds. The van der Waals surface area contributed by atoms with Crippen LogP contribution in [0.1, 0.15) is 24.4 Å². The van der Waals surface area contributed by atoms with Gasteiger partial charge in [-0.2, -0.15) is 5.10 Å². The molecule has 3 aliphatic rings. The molecule has 0 aromatic carbocycles. The average molecular weight is 280 g/mol. The Morgan fingerprint density at radius 1 is 1.55 bits per heavy atom. The van der Waals surface area contributed by atoms with E-state index in [1.54, 1.807) is 13.2 Å². The van der Waals surface area contributed by atoms with Crippen molar-refractivity contribution in [1.82, 2.24) is 20.2 Å². The molecule has 1 saturated carbocycles. The van der Waals surface area contributed by atoms with Gasteiger partial charge in [0.25, 0.3) is 0 Å². The number of H-pyrrole nitrogens is 1. The summed E-state index contributed by atoms with van der Waals surface area (Å²) in [6.07, 6.45) is 1.80. The normalized spacial score (nSPS) is 19.2. The van der Waals surface area contributed by atoms with Crippen LogP contribution in [0, 0.1) is 5.92 Å². The first-order valence-corrected chi connectivity index (χ1v) is 6.29. The van der Waals surface area contributed by atoms with Crippen molar-refractivity contribution in [3.8, 4) is 11.4 Å². The molecule has 106 valence electrons. The molecular formula is C12H14F2N6. The predicted molar refractivity (Wildman–Crippen MR) is 68.8 cm³/mol. The van der Waals surface area contributed by atoms with Crippen LogP contribution in [-0.4, -0.2) is 39.0 Å². The number of aromatic amines is 1. The van der Waals surface area contributed by atoms with Crippen LogP contribution in [0.2, 0.25) is 0 Å². The summed E-state index contributed by atoms with van der Waals surface area (Å²) in [5, 5.41) is 7.74. The van der Waals surface area contributed by atoms with Gasteiger partial charge in [0.05, 0.1) is 11.8 Å². The summed E-state index contributed by atoms with van der Waals surface area (Å²) in [5.41, 5.74) is 6.98. The standard InChI is InChI=1S/C12H14F2N6/c1-16-10(15)9-7-5-17-20-11(7)19-8(18-9)2-6-3-12(13,14)4-6/h5-6H,2-4H2,1H3,(H2,15,16)(H,17,18,19,20). The van der Waals surface area contributed by atoms with Gasteiger partial charge >= 0.3 is 0 Å². The lowest BCUT2D eigenvalue weighted by atomic mass is 9.79. The fourth-order valence-corrected chi connectivity index (χ4v) is 2.49. The van der Waals surface area contributed by atoms with E-state index in [0.717, 1.165) is 0 Å². The van der Waals surface area contributed by atoms with Gasteiger partial charge < -0.3 is 10.7 Å². The highest BCUT2D eigenvalue weighted by Gasteiger charge is 2.45. The third-order valence-corrected chi connectivity index (χ3v) is 3.50. The fraction of sp³-hybridized carbons (Fsp3) is 0.500. The maximum absolute atomic E-state index is 12.9. The molecule has 1 fully saturated rings. The van der Waals surface area contributed by atoms with Crippen LogP contribution in [-0.2, 0) is 6.42 Å². The zero-order valence-electron chi connectivity index (χ0n) is 10.9. The van der Waals surface area contributed by atoms with Gasteiger partial charge in [0.2, 0.25) is 5.92 Å². The predicted octanol–water partition coefficient (Wildman–Crippen LogP) is 1.23. The first-order chi connectivity index (χ1) is 9.48. The fourth-order valence-electron chi connectivity index (χ4n) is 2.49. The number of rotatable bonds is 3. The molecule has 3 rings (SSSR count). The topological polar surface area (TPSA) is 92.8 Å². The molecule has 0 aromatic rings. The van der Waals surface area contributed by atoms with Gasteiger partial charge in [-0.15, -0.1) is 5.10 Å². The van der Waals surface area contributed by atoms with E-state index in [-0.39, 0.29) is 24.6 Å². The Labute approximate surface area is 113 Å². The van der Waals surface area contributed by atoms with E-state index in [9.17, 15) is 8.78 Å². The number of nitrogens with one attached hydrogen (secondary N) is 1. The van der Waals surface area contributed by atoms with Gasteiger partial charge in [-0.1, -0.05) is 0 Å². The van der Waals surface area contributed by atoms with Crippen molar-refractivity contribution in [2.24, 2.45) is 16.6 Å². The molecule has 3 N–H and O–H groups in total. The quantitative estimate of drug-likeness (QED) is 0.653. The van der Waals surface area contributed by atoms with E-state index >= 15 is 0 Å². The van der Waals surface area contributed by atoms with Gasteiger partial charge in [0.1, 0.15) is 17.4 Å². The molecule has 0 aromatic heterocycles. The highest BCUT2D eigenvalue weighted by molar-refractivity contribution is 6.00. The van der Waals surface area contributed by atoms with Crippen LogP contribution in [0.3, 0.4) is 0 Å². The molecule has 20 heavy (non-hydrogen) atoms. The smallest absolute Gasteiger partial charge is 0.248 e. The lowest BCUT2D eigenvalue weighted by molar-refractivity contribution is -0.110. The number of hydrogen-bond acceptors (Lipinski definition) is 4. The Bertz CT molecular complexity index is 627. The van der Waals surface area contributed by atoms with Crippen molar-refractivity contribution >= 4 is 5.84 Å². The number of nitrogens with zero attached hydrogens (tertiary/aromatic N) is 4. The summed E-state index contributed by atoms with van der Waals surface area (Å²) >= 11 is 0. The number of aliphatic imine (C=N–C) groups is 1. The van der Waals surface area contributed by atoms with Crippen molar-refractivity contribution in [2.75, 3.05) is 7.05 Å². The second-order valence-corrected chi connectivity index (χ2v) is 5.08. The van der Waals surface area contributed by atoms with E-state index < -0.39 is 5.92 Å². The maximum atomic E-state index is 12.9. The molecule has 6 nitrogen and oxygen atoms in total. The molecule has 1 aliphatic carbocycles. The molecule has 2 heterocycles. The van der Waals surface area contributed by atoms with Gasteiger partial charge in [-0.3, -0.25) is 4.99 Å². The number of halogens is 2. The van der Waals surface area contributed by atoms with Crippen molar-refractivity contribution in [3.05, 3.63) is 17.7 Å². The highest BCUT2D eigenvalue weighted by atomic mass is 19.3. The first-order valence-electron chi connectivity index (χ1n) is 6.29. The third-order valence-electron chi connectivity index (χ3n) is 3.50. The van der Waals surface area contributed by atoms with E-state index in [0.29, 0.717) is 29.3 Å². The van der Waals surface area contributed by atoms with Gasteiger partial charge in [0.15, 0.2) is 5.82 Å². The van der Waals surface area contributed by atoms with Crippen molar-refractivity contribution in [2.45, 2.75) is 25.2 Å². The summed E-state index contributed by atoms with van der Waals surface area (Å²) in [7, 11) is 1.56. The summed E-state index contributed by atoms with van der Waals surface area (Å²) in [4.78, 5) is 11.3. The minimum absolute atomic E-state index is 0.0678. The molecule has 0 saturated heterocycles. The SMILES string of the molecule is CN=C(N)c1nc(CC2CC(F)(F)C2)[nH]c2nncc1-2. The lowest BCUT2D eigenvalue weighted by Crippen LogP contribution is -2.37. The summed E-state index contributed by atoms with van der Waals surface area (Å²) in [6.45, 7) is 0. The summed E-state index contributed by atoms with van der Waals surface area (Å²) in [6, 6.07) is 0. The number of hydrogen-bond donors (Lipinski definition) is 2. The Morgan fingerprint density at radius 3 is 2.95 bits per heavy atom. The third kappa shape index (κ3) is 2.21. The number of fused-ring (bicyclic) bond motifs is 1. The second-order valence-electron chi connectivity index (χ2n) is 5.08. The number of nitrogens with two attached hydrogens (primary N) is 1. The van der Waals surface area contributed by atoms with Gasteiger partial charge in [0, 0.05) is 26.3 Å². The number of aromatic nitrogens is 4. The monoisotopic (exact) mass is 280 g/mol. The highest BCUT2D eigenvalue weighted by Crippen LogP contribution is 2.43. The molecule has 0 atom stereocenters. The average Bonchev–Trinajstić information content (AvgIpc) is 2.82. The Kier molecular flexibility index (Phi) is 2.88. The minimum atomic E-state index is -2.53.